The molecule has 0 bridgehead atoms. The highest BCUT2D eigenvalue weighted by atomic mass is 19.4. The summed E-state index contributed by atoms with van der Waals surface area (Å²) >= 11 is 0. The summed E-state index contributed by atoms with van der Waals surface area (Å²) in [4.78, 5) is 19.8. The molecule has 6 nitrogen and oxygen atoms in total. The molecule has 0 aliphatic heterocycles. The van der Waals surface area contributed by atoms with E-state index in [9.17, 15) is 26.7 Å². The van der Waals surface area contributed by atoms with E-state index in [4.69, 9.17) is 4.74 Å². The smallest absolute Gasteiger partial charge is 0.450 e. The quantitative estimate of drug-likeness (QED) is 0.447. The largest absolute Gasteiger partial charge is 0.497 e. The molecule has 32 heavy (non-hydrogen) atoms. The van der Waals surface area contributed by atoms with Crippen LogP contribution in [0.4, 0.5) is 27.8 Å². The molecule has 0 spiro atoms. The first-order chi connectivity index (χ1) is 15.2. The summed E-state index contributed by atoms with van der Waals surface area (Å²) in [5.41, 5.74) is -0.568. The Hall–Kier alpha value is -4.02. The Labute approximate surface area is 177 Å². The lowest BCUT2D eigenvalue weighted by Gasteiger charge is -2.12. The fourth-order valence-corrected chi connectivity index (χ4v) is 3.12. The van der Waals surface area contributed by atoms with Gasteiger partial charge in [-0.1, -0.05) is 6.07 Å². The van der Waals surface area contributed by atoms with E-state index in [2.05, 4.69) is 15.3 Å². The molecule has 0 radical (unpaired) electrons. The normalized spacial score (nSPS) is 11.6. The number of pyridine rings is 1. The molecule has 164 valence electrons. The van der Waals surface area contributed by atoms with E-state index in [1.165, 1.54) is 37.4 Å². The molecule has 0 saturated carbocycles. The van der Waals surface area contributed by atoms with Gasteiger partial charge in [-0.2, -0.15) is 13.2 Å². The van der Waals surface area contributed by atoms with Crippen LogP contribution in [0.3, 0.4) is 0 Å². The van der Waals surface area contributed by atoms with Crippen LogP contribution >= 0.6 is 0 Å². The van der Waals surface area contributed by atoms with Crippen LogP contribution in [0.25, 0.3) is 16.7 Å². The first-order valence-electron chi connectivity index (χ1n) is 9.04. The van der Waals surface area contributed by atoms with Crippen LogP contribution in [0.2, 0.25) is 0 Å². The Morgan fingerprint density at radius 1 is 1.06 bits per heavy atom. The van der Waals surface area contributed by atoms with E-state index >= 15 is 0 Å². The van der Waals surface area contributed by atoms with E-state index in [1.807, 2.05) is 0 Å². The molecule has 0 aliphatic carbocycles. The van der Waals surface area contributed by atoms with Crippen molar-refractivity contribution in [3.63, 3.8) is 0 Å². The van der Waals surface area contributed by atoms with Crippen LogP contribution < -0.4 is 10.1 Å². The maximum atomic E-state index is 13.8. The molecule has 0 aliphatic rings. The molecule has 4 rings (SSSR count). The van der Waals surface area contributed by atoms with Gasteiger partial charge in [0.15, 0.2) is 0 Å². The lowest BCUT2D eigenvalue weighted by Crippen LogP contribution is -2.17. The molecule has 0 saturated heterocycles. The van der Waals surface area contributed by atoms with Crippen molar-refractivity contribution in [3.05, 3.63) is 77.8 Å². The zero-order valence-electron chi connectivity index (χ0n) is 16.2. The summed E-state index contributed by atoms with van der Waals surface area (Å²) in [6, 6.07) is 9.71. The lowest BCUT2D eigenvalue weighted by atomic mass is 10.2. The number of alkyl halides is 3. The molecule has 2 heterocycles. The number of carbonyl (C=O) groups is 1. The summed E-state index contributed by atoms with van der Waals surface area (Å²) in [5.74, 6) is -4.15. The van der Waals surface area contributed by atoms with Crippen LogP contribution in [-0.4, -0.2) is 27.6 Å². The van der Waals surface area contributed by atoms with Gasteiger partial charge >= 0.3 is 6.18 Å². The number of methoxy groups -OCH3 is 1. The van der Waals surface area contributed by atoms with Crippen molar-refractivity contribution in [1.82, 2.24) is 14.5 Å². The number of anilines is 1. The van der Waals surface area contributed by atoms with E-state index in [0.717, 1.165) is 29.0 Å². The number of halogens is 5. The van der Waals surface area contributed by atoms with Crippen molar-refractivity contribution in [2.75, 3.05) is 12.4 Å². The minimum absolute atomic E-state index is 0.0139. The van der Waals surface area contributed by atoms with Gasteiger partial charge in [-0.15, -0.1) is 0 Å². The van der Waals surface area contributed by atoms with Gasteiger partial charge in [-0.25, -0.2) is 18.7 Å². The second-order valence-corrected chi connectivity index (χ2v) is 6.58. The molecule has 11 heteroatoms. The minimum Gasteiger partial charge on any atom is -0.497 e. The molecule has 1 amide bonds. The number of imidazole rings is 1. The van der Waals surface area contributed by atoms with E-state index < -0.39 is 35.1 Å². The van der Waals surface area contributed by atoms with Gasteiger partial charge in [-0.3, -0.25) is 9.36 Å². The highest BCUT2D eigenvalue weighted by Crippen LogP contribution is 2.34. The number of nitrogens with one attached hydrogen (secondary N) is 1. The van der Waals surface area contributed by atoms with Crippen molar-refractivity contribution in [1.29, 1.82) is 0 Å². The molecule has 0 atom stereocenters. The molecular weight excluding hydrogens is 435 g/mol. The number of hydrogen-bond acceptors (Lipinski definition) is 4. The Morgan fingerprint density at radius 3 is 2.38 bits per heavy atom. The Balaban J connectivity index is 1.71. The van der Waals surface area contributed by atoms with Gasteiger partial charge in [0.05, 0.1) is 30.0 Å². The summed E-state index contributed by atoms with van der Waals surface area (Å²) in [6.45, 7) is 0. The van der Waals surface area contributed by atoms with Gasteiger partial charge in [-0.05, 0) is 36.4 Å². The van der Waals surface area contributed by atoms with E-state index in [0.29, 0.717) is 5.75 Å². The number of ether oxygens (including phenoxy) is 1. The molecule has 1 N–H and O–H groups in total. The van der Waals surface area contributed by atoms with Crippen LogP contribution in [0.1, 0.15) is 16.2 Å². The highest BCUT2D eigenvalue weighted by Gasteiger charge is 2.38. The molecule has 2 aromatic carbocycles. The fraction of sp³-hybridized carbons (Fsp3) is 0.0952. The van der Waals surface area contributed by atoms with Crippen LogP contribution in [0.15, 0.2) is 54.7 Å². The number of aromatic nitrogens is 3. The van der Waals surface area contributed by atoms with E-state index in [1.54, 1.807) is 0 Å². The average Bonchev–Trinajstić information content (AvgIpc) is 3.13. The number of fused-ring (bicyclic) bond motifs is 1. The second-order valence-electron chi connectivity index (χ2n) is 6.58. The number of rotatable bonds is 4. The van der Waals surface area contributed by atoms with Crippen LogP contribution in [0.5, 0.6) is 5.75 Å². The average molecular weight is 448 g/mol. The molecular formula is C21H13F5N4O2. The van der Waals surface area contributed by atoms with Crippen molar-refractivity contribution >= 4 is 22.8 Å². The van der Waals surface area contributed by atoms with Crippen molar-refractivity contribution < 1.29 is 31.5 Å². The summed E-state index contributed by atoms with van der Waals surface area (Å²) in [5, 5.41) is 2.22. The third-order valence-corrected chi connectivity index (χ3v) is 4.55. The molecule has 0 fully saturated rings. The minimum atomic E-state index is -4.76. The van der Waals surface area contributed by atoms with Gasteiger partial charge < -0.3 is 10.1 Å². The Morgan fingerprint density at radius 2 is 1.78 bits per heavy atom. The van der Waals surface area contributed by atoms with Gasteiger partial charge in [0.25, 0.3) is 5.91 Å². The number of carbonyl (C=O) groups excluding carboxylic acids is 1. The van der Waals surface area contributed by atoms with Gasteiger partial charge in [0, 0.05) is 6.07 Å². The number of benzene rings is 2. The van der Waals surface area contributed by atoms with E-state index in [-0.39, 0.29) is 22.5 Å². The maximum absolute atomic E-state index is 13.8. The maximum Gasteiger partial charge on any atom is 0.450 e. The zero-order chi connectivity index (χ0) is 23.0. The predicted octanol–water partition coefficient (Wildman–Crippen LogP) is 4.98. The molecule has 0 unspecified atom stereocenters. The fourth-order valence-electron chi connectivity index (χ4n) is 3.12. The summed E-state index contributed by atoms with van der Waals surface area (Å²) in [6.07, 6.45) is -3.69. The molecule has 4 aromatic rings. The zero-order valence-corrected chi connectivity index (χ0v) is 16.2. The van der Waals surface area contributed by atoms with Gasteiger partial charge in [0.2, 0.25) is 5.82 Å². The van der Waals surface area contributed by atoms with Crippen molar-refractivity contribution in [2.24, 2.45) is 0 Å². The van der Waals surface area contributed by atoms with Crippen molar-refractivity contribution in [3.8, 4) is 11.4 Å². The second kappa shape index (κ2) is 7.91. The first-order valence-corrected chi connectivity index (χ1v) is 9.04. The molecule has 2 aromatic heterocycles. The summed E-state index contributed by atoms with van der Waals surface area (Å²) < 4.78 is 74.2. The Kier molecular flexibility index (Phi) is 5.25. The van der Waals surface area contributed by atoms with Gasteiger partial charge in [0.1, 0.15) is 28.8 Å². The third kappa shape index (κ3) is 3.84. The number of nitrogens with zero attached hydrogens (tertiary/aromatic N) is 3. The SMILES string of the molecule is COc1ccc2c(c1)nc(C(F)(F)F)n2-c1ccc(NC(=O)c2c(F)cccc2F)nc1. The summed E-state index contributed by atoms with van der Waals surface area (Å²) in [7, 11) is 1.38. The predicted molar refractivity (Wildman–Crippen MR) is 105 cm³/mol. The Bertz CT molecular complexity index is 1300. The van der Waals surface area contributed by atoms with Crippen molar-refractivity contribution in [2.45, 2.75) is 6.18 Å². The lowest BCUT2D eigenvalue weighted by molar-refractivity contribution is -0.145. The monoisotopic (exact) mass is 448 g/mol. The number of amides is 1. The van der Waals surface area contributed by atoms with Crippen LogP contribution in [0, 0.1) is 11.6 Å². The topological polar surface area (TPSA) is 69.0 Å². The standard InChI is InChI=1S/C21H13F5N4O2/c1-32-12-6-7-16-15(9-12)28-20(21(24,25)26)30(16)11-5-8-17(27-10-11)29-19(31)18-13(22)3-2-4-14(18)23/h2-10H,1H3,(H,27,29,31). The number of hydrogen-bond donors (Lipinski definition) is 1. The van der Waals surface area contributed by atoms with Crippen LogP contribution in [-0.2, 0) is 6.18 Å². The highest BCUT2D eigenvalue weighted by molar-refractivity contribution is 6.04. The third-order valence-electron chi connectivity index (χ3n) is 4.55. The first kappa shape index (κ1) is 21.2.